The van der Waals surface area contributed by atoms with Crippen LogP contribution in [0.4, 0.5) is 246 Å². The molecule has 0 saturated heterocycles. The van der Waals surface area contributed by atoms with Crippen LogP contribution in [0.25, 0.3) is 0 Å². The van der Waals surface area contributed by atoms with E-state index in [1.165, 1.54) is 41.5 Å². The average molecular weight is 2040 g/mol. The normalized spacial score (nSPS) is 17.7. The number of ether oxygens (including phenoxy) is 2. The van der Waals surface area contributed by atoms with Crippen LogP contribution >= 0.6 is 47.0 Å². The van der Waals surface area contributed by atoms with Gasteiger partial charge in [-0.05, 0) is 33.9 Å². The Morgan fingerprint density at radius 1 is 0.306 bits per heavy atom. The maximum atomic E-state index is 16.0. The van der Waals surface area contributed by atoms with Crippen molar-refractivity contribution in [3.05, 3.63) is 28.8 Å². The number of aliphatic hydroxyl groups is 1. The highest BCUT2D eigenvalue weighted by Gasteiger charge is 2.95. The van der Waals surface area contributed by atoms with Gasteiger partial charge >= 0.3 is 149 Å². The fourth-order valence-electron chi connectivity index (χ4n) is 9.36. The van der Waals surface area contributed by atoms with E-state index in [1.807, 2.05) is 0 Å². The first-order chi connectivity index (χ1) is 53.8. The number of hydrogen-bond acceptors (Lipinski definition) is 9. The van der Waals surface area contributed by atoms with Gasteiger partial charge in [0.2, 0.25) is 0 Å². The van der Waals surface area contributed by atoms with E-state index in [0.29, 0.717) is 0 Å². The van der Waals surface area contributed by atoms with Crippen LogP contribution in [0.2, 0.25) is 0 Å². The number of hydrogen-bond donors (Lipinski definition) is 2. The Labute approximate surface area is 673 Å². The number of carbonyl (C=O) groups is 1. The lowest BCUT2D eigenvalue weighted by Gasteiger charge is -2.40. The number of halogens is 56. The zero-order valence-corrected chi connectivity index (χ0v) is 64.0. The molecule has 0 aliphatic rings. The van der Waals surface area contributed by atoms with Crippen molar-refractivity contribution in [2.24, 2.45) is 10.8 Å². The van der Waals surface area contributed by atoms with Crippen molar-refractivity contribution < 1.29 is 270 Å². The smallest absolute Gasteiger partial charge is 0.460 e. The minimum Gasteiger partial charge on any atom is -0.507 e. The van der Waals surface area contributed by atoms with Gasteiger partial charge in [-0.1, -0.05) is 53.7 Å². The molecule has 2 N–H and O–H groups in total. The highest BCUT2D eigenvalue weighted by atomic mass is 32.2. The number of thioether (sulfide) groups is 4. The molecule has 0 bridgehead atoms. The standard InChI is InChI=1S/C59H54F56O5S4/c1-32(2,3)24-9-23(10-25(31(24)118)33(4,5)6)7-8-30(117)120-18-35(21-123-28(62)13-38(68,69)42(76,77)46(84,85)50(92,93)54(100,101)58(110,111)112,22-124-29(63)14-39(70,71)43(78,79)47(86,87)51(94,95)55(102,103)59(113,114)115)17-119-16-34(15-116,19-121-26(60)11-36(64,65)40(72,73)44(80,81)48(88,89)52(96,97)56(104,105)106)20-122-27(61)12-37(66,67)41(74,75)45(82,83)49(90,91)53(98,99)57(107,108)109/h9-10,26-29,116,118H,7-8,11-22H2,1-6H3. The van der Waals surface area contributed by atoms with E-state index >= 15 is 35.1 Å². The summed E-state index contributed by atoms with van der Waals surface area (Å²) >= 11 is -6.73. The zero-order valence-electron chi connectivity index (χ0n) is 60.8. The molecule has 4 unspecified atom stereocenters. The monoisotopic (exact) mass is 2030 g/mol. The first kappa shape index (κ1) is 118. The van der Waals surface area contributed by atoms with Crippen LogP contribution in [0.3, 0.4) is 0 Å². The molecule has 736 valence electrons. The molecule has 0 aliphatic heterocycles. The molecule has 1 aromatic rings. The highest BCUT2D eigenvalue weighted by Crippen LogP contribution is 2.67. The quantitative estimate of drug-likeness (QED) is 0.0490. The van der Waals surface area contributed by atoms with Gasteiger partial charge in [0.1, 0.15) is 12.4 Å². The van der Waals surface area contributed by atoms with E-state index < -0.39 is 334 Å². The number of esters is 1. The topological polar surface area (TPSA) is 76.0 Å². The van der Waals surface area contributed by atoms with Gasteiger partial charge in [0.15, 0.2) is 22.0 Å². The Morgan fingerprint density at radius 3 is 0.694 bits per heavy atom. The van der Waals surface area contributed by atoms with Crippen LogP contribution < -0.4 is 0 Å². The Balaban J connectivity index is 4.87. The summed E-state index contributed by atoms with van der Waals surface area (Å²) in [7, 11) is 0. The Kier molecular flexibility index (Phi) is 34.7. The van der Waals surface area contributed by atoms with E-state index in [9.17, 15) is 226 Å². The van der Waals surface area contributed by atoms with Gasteiger partial charge in [-0.15, -0.1) is 47.0 Å². The number of aliphatic hydroxyl groups excluding tert-OH is 1. The van der Waals surface area contributed by atoms with Gasteiger partial charge in [-0.25, -0.2) is 17.6 Å². The second-order valence-electron chi connectivity index (χ2n) is 29.1. The molecular formula is C59H54F56O5S4. The molecule has 0 aromatic heterocycles. The summed E-state index contributed by atoms with van der Waals surface area (Å²) in [6.07, 6.45) is -51.7. The molecule has 4 atom stereocenters. The minimum atomic E-state index is -8.89. The highest BCUT2D eigenvalue weighted by molar-refractivity contribution is 8.01. The van der Waals surface area contributed by atoms with Gasteiger partial charge in [-0.2, -0.15) is 228 Å². The lowest BCUT2D eigenvalue weighted by molar-refractivity contribution is -0.440. The lowest BCUT2D eigenvalue weighted by atomic mass is 9.78. The molecule has 1 rings (SSSR count). The third-order valence-corrected chi connectivity index (χ3v) is 22.3. The number of alkyl halides is 56. The van der Waals surface area contributed by atoms with Gasteiger partial charge in [0, 0.05) is 40.3 Å². The van der Waals surface area contributed by atoms with E-state index in [-0.39, 0.29) is 16.7 Å². The fourth-order valence-corrected chi connectivity index (χ4v) is 14.2. The van der Waals surface area contributed by atoms with Crippen LogP contribution in [-0.2, 0) is 31.5 Å². The molecule has 0 saturated carbocycles. The first-order valence-corrected chi connectivity index (χ1v) is 36.0. The van der Waals surface area contributed by atoms with E-state index in [0.717, 1.165) is 12.1 Å². The molecule has 0 aliphatic carbocycles. The summed E-state index contributed by atoms with van der Waals surface area (Å²) in [5, 5.41) is 21.7. The van der Waals surface area contributed by atoms with Crippen LogP contribution in [0.1, 0.15) is 90.3 Å². The Bertz CT molecular complexity index is 3480. The average Bonchev–Trinajstić information content (AvgIpc) is 0.723. The molecule has 5 nitrogen and oxygen atoms in total. The number of aryl methyl sites for hydroxylation is 1. The molecule has 124 heavy (non-hydrogen) atoms. The van der Waals surface area contributed by atoms with Crippen molar-refractivity contribution in [2.45, 2.75) is 256 Å². The van der Waals surface area contributed by atoms with Gasteiger partial charge in [0.05, 0.1) is 45.5 Å². The molecule has 0 radical (unpaired) electrons. The summed E-state index contributed by atoms with van der Waals surface area (Å²) in [4.78, 5) is 13.7. The maximum Gasteiger partial charge on any atom is 0.460 e. The van der Waals surface area contributed by atoms with Crippen molar-refractivity contribution >= 4 is 53.0 Å². The number of phenolic OH excluding ortho intramolecular Hbond substituents is 1. The molecule has 0 heterocycles. The third kappa shape index (κ3) is 22.1. The lowest BCUT2D eigenvalue weighted by Crippen LogP contribution is -2.70. The Hall–Kier alpha value is -4.11. The molecule has 0 spiro atoms. The number of benzene rings is 1. The summed E-state index contributed by atoms with van der Waals surface area (Å²) in [6.45, 7) is -2.28. The van der Waals surface area contributed by atoms with Crippen molar-refractivity contribution in [3.63, 3.8) is 0 Å². The second kappa shape index (κ2) is 36.5. The molecule has 65 heteroatoms. The molecular weight excluding hydrogens is 1980 g/mol. The SMILES string of the molecule is CC(C)(C)c1cc(CCC(=O)OCC(COCC(CO)(CSC(F)CC(F)(F)C(F)(F)C(F)(F)C(F)(F)C(F)(F)C(F)(F)F)CSC(F)CC(F)(F)C(F)(F)C(F)(F)C(F)(F)C(F)(F)C(F)(F)F)(CSC(F)CC(F)(F)C(F)(F)C(F)(F)C(F)(F)C(F)(F)C(F)(F)F)CSC(F)CC(F)(F)C(F)(F)C(F)(F)C(F)(F)C(F)(F)C(F)(F)F)cc(C(C)(C)C)c1O. The van der Waals surface area contributed by atoms with Gasteiger partial charge < -0.3 is 19.7 Å². The number of aromatic hydroxyl groups is 1. The van der Waals surface area contributed by atoms with E-state index in [4.69, 9.17) is 9.47 Å². The molecule has 0 amide bonds. The predicted octanol–water partition coefficient (Wildman–Crippen LogP) is 26.1. The van der Waals surface area contributed by atoms with Gasteiger partial charge in [0.25, 0.3) is 0 Å². The second-order valence-corrected chi connectivity index (χ2v) is 33.6. The van der Waals surface area contributed by atoms with Crippen molar-refractivity contribution in [1.29, 1.82) is 0 Å². The van der Waals surface area contributed by atoms with Crippen LogP contribution in [0.5, 0.6) is 5.75 Å². The van der Waals surface area contributed by atoms with Crippen molar-refractivity contribution in [3.8, 4) is 5.75 Å². The van der Waals surface area contributed by atoms with Gasteiger partial charge in [-0.3, -0.25) is 4.79 Å². The van der Waals surface area contributed by atoms with Crippen molar-refractivity contribution in [1.82, 2.24) is 0 Å². The fraction of sp³-hybridized carbons (Fsp3) is 0.881. The molecule has 1 aromatic carbocycles. The van der Waals surface area contributed by atoms with E-state index in [2.05, 4.69) is 0 Å². The van der Waals surface area contributed by atoms with Crippen molar-refractivity contribution in [2.75, 3.05) is 49.4 Å². The van der Waals surface area contributed by atoms with Crippen LogP contribution in [0, 0.1) is 10.8 Å². The number of carbonyl (C=O) groups excluding carboxylic acids is 1. The third-order valence-electron chi connectivity index (χ3n) is 17.0. The first-order valence-electron chi connectivity index (χ1n) is 31.8. The summed E-state index contributed by atoms with van der Waals surface area (Å²) in [6, 6.07) is 2.09. The minimum absolute atomic E-state index is 0.0658. The summed E-state index contributed by atoms with van der Waals surface area (Å²) in [5.74, 6) is -183. The largest absolute Gasteiger partial charge is 0.507 e. The number of rotatable bonds is 46. The molecule has 0 fully saturated rings. The summed E-state index contributed by atoms with van der Waals surface area (Å²) in [5.41, 5.74) is -29.6. The Morgan fingerprint density at radius 2 is 0.500 bits per heavy atom. The summed E-state index contributed by atoms with van der Waals surface area (Å²) < 4.78 is 803. The maximum absolute atomic E-state index is 16.0. The van der Waals surface area contributed by atoms with E-state index in [1.54, 1.807) is 0 Å². The van der Waals surface area contributed by atoms with Crippen LogP contribution in [-0.4, -0.2) is 231 Å². The zero-order chi connectivity index (χ0) is 99.8. The number of phenols is 1. The predicted molar refractivity (Wildman–Crippen MR) is 319 cm³/mol. The van der Waals surface area contributed by atoms with Crippen LogP contribution in [0.15, 0.2) is 12.1 Å².